The molecule has 9 heteroatoms. The molecule has 0 amide bonds. The van der Waals surface area contributed by atoms with Crippen molar-refractivity contribution in [1.82, 2.24) is 34.5 Å². The van der Waals surface area contributed by atoms with Gasteiger partial charge in [-0.1, -0.05) is 23.9 Å². The van der Waals surface area contributed by atoms with Crippen molar-refractivity contribution in [2.24, 2.45) is 0 Å². The van der Waals surface area contributed by atoms with Crippen molar-refractivity contribution >= 4 is 23.5 Å². The van der Waals surface area contributed by atoms with E-state index < -0.39 is 0 Å². The maximum Gasteiger partial charge on any atom is 0.256 e. The molecule has 30 heavy (non-hydrogen) atoms. The van der Waals surface area contributed by atoms with Gasteiger partial charge in [0.05, 0.1) is 22.1 Å². The lowest BCUT2D eigenvalue weighted by atomic mass is 10.3. The highest BCUT2D eigenvalue weighted by molar-refractivity contribution is 8.03. The smallest absolute Gasteiger partial charge is 0.256 e. The first-order valence-corrected chi connectivity index (χ1v) is 10.3. The Kier molecular flexibility index (Phi) is 4.39. The molecule has 1 aliphatic rings. The summed E-state index contributed by atoms with van der Waals surface area (Å²) in [4.78, 5) is 17.3. The van der Waals surface area contributed by atoms with E-state index in [-0.39, 0.29) is 0 Å². The van der Waals surface area contributed by atoms with Crippen LogP contribution in [0, 0.1) is 20.8 Å². The molecule has 4 aromatic rings. The van der Waals surface area contributed by atoms with E-state index in [1.54, 1.807) is 21.1 Å². The van der Waals surface area contributed by atoms with Crippen LogP contribution in [0.2, 0.25) is 0 Å². The molecule has 8 nitrogen and oxygen atoms in total. The van der Waals surface area contributed by atoms with E-state index in [9.17, 15) is 0 Å². The lowest BCUT2D eigenvalue weighted by molar-refractivity contribution is 0.722. The minimum Gasteiger partial charge on any atom is -0.338 e. The van der Waals surface area contributed by atoms with Gasteiger partial charge >= 0.3 is 0 Å². The molecule has 1 aromatic carbocycles. The zero-order valence-electron chi connectivity index (χ0n) is 17.1. The summed E-state index contributed by atoms with van der Waals surface area (Å²) in [6.45, 7) is 5.87. The number of benzene rings is 1. The molecule has 0 fully saturated rings. The lowest BCUT2D eigenvalue weighted by Gasteiger charge is -2.13. The van der Waals surface area contributed by atoms with Crippen LogP contribution in [0.15, 0.2) is 52.5 Å². The number of nitrogens with zero attached hydrogens (tertiary/aromatic N) is 8. The zero-order chi connectivity index (χ0) is 20.8. The second-order valence-electron chi connectivity index (χ2n) is 7.15. The molecule has 0 atom stereocenters. The lowest BCUT2D eigenvalue weighted by Crippen LogP contribution is -2.14. The Morgan fingerprint density at radius 2 is 1.70 bits per heavy atom. The van der Waals surface area contributed by atoms with Gasteiger partial charge in [-0.2, -0.15) is 25.1 Å². The SMILES string of the molecule is Cc1ccn(-c2nc(/C=C3\Sc4ccccc4N3C)nc(-n3nc(C)cc3C)n2)n1. The van der Waals surface area contributed by atoms with Gasteiger partial charge in [0, 0.05) is 29.9 Å². The summed E-state index contributed by atoms with van der Waals surface area (Å²) in [5.41, 5.74) is 3.93. The van der Waals surface area contributed by atoms with Gasteiger partial charge < -0.3 is 4.90 Å². The van der Waals surface area contributed by atoms with Crippen LogP contribution in [0.25, 0.3) is 18.0 Å². The standard InChI is InChI=1S/C21H20N8S/c1-13-9-10-28(25-13)20-22-18(23-21(24-20)29-15(3)11-14(2)26-29)12-19-27(4)16-7-5-6-8-17(16)30-19/h5-12H,1-4H3/b19-12-. The molecule has 0 N–H and O–H groups in total. The molecule has 0 bridgehead atoms. The van der Waals surface area contributed by atoms with Crippen LogP contribution in [0.3, 0.4) is 0 Å². The summed E-state index contributed by atoms with van der Waals surface area (Å²) in [7, 11) is 2.05. The van der Waals surface area contributed by atoms with Gasteiger partial charge in [-0.25, -0.2) is 9.36 Å². The molecular weight excluding hydrogens is 396 g/mol. The van der Waals surface area contributed by atoms with Crippen molar-refractivity contribution in [3.8, 4) is 11.9 Å². The third-order valence-electron chi connectivity index (χ3n) is 4.78. The fourth-order valence-corrected chi connectivity index (χ4v) is 4.43. The van der Waals surface area contributed by atoms with Crippen LogP contribution in [0.5, 0.6) is 0 Å². The second-order valence-corrected chi connectivity index (χ2v) is 8.21. The van der Waals surface area contributed by atoms with E-state index in [1.807, 2.05) is 64.4 Å². The Bertz CT molecular complexity index is 1290. The monoisotopic (exact) mass is 416 g/mol. The van der Waals surface area contributed by atoms with Crippen molar-refractivity contribution in [2.75, 3.05) is 11.9 Å². The predicted molar refractivity (Wildman–Crippen MR) is 117 cm³/mol. The Morgan fingerprint density at radius 3 is 2.40 bits per heavy atom. The topological polar surface area (TPSA) is 77.5 Å². The van der Waals surface area contributed by atoms with Crippen molar-refractivity contribution in [2.45, 2.75) is 25.7 Å². The molecule has 4 heterocycles. The number of anilines is 1. The quantitative estimate of drug-likeness (QED) is 0.504. The number of aryl methyl sites for hydroxylation is 3. The highest BCUT2D eigenvalue weighted by Crippen LogP contribution is 2.45. The second kappa shape index (κ2) is 7.10. The minimum absolute atomic E-state index is 0.454. The van der Waals surface area contributed by atoms with Crippen molar-refractivity contribution in [3.63, 3.8) is 0 Å². The minimum atomic E-state index is 0.454. The first kappa shape index (κ1) is 18.6. The van der Waals surface area contributed by atoms with Crippen molar-refractivity contribution in [1.29, 1.82) is 0 Å². The number of fused-ring (bicyclic) bond motifs is 1. The molecule has 0 saturated heterocycles. The number of thioether (sulfide) groups is 1. The Morgan fingerprint density at radius 1 is 0.900 bits per heavy atom. The van der Waals surface area contributed by atoms with Crippen LogP contribution in [0.4, 0.5) is 5.69 Å². The van der Waals surface area contributed by atoms with E-state index in [1.165, 1.54) is 10.6 Å². The molecule has 0 spiro atoms. The van der Waals surface area contributed by atoms with Crippen LogP contribution < -0.4 is 4.90 Å². The Balaban J connectivity index is 1.63. The summed E-state index contributed by atoms with van der Waals surface area (Å²) in [5.74, 6) is 1.47. The summed E-state index contributed by atoms with van der Waals surface area (Å²) in [5, 5.41) is 10.0. The maximum atomic E-state index is 4.69. The van der Waals surface area contributed by atoms with Crippen LogP contribution >= 0.6 is 11.8 Å². The highest BCUT2D eigenvalue weighted by atomic mass is 32.2. The zero-order valence-corrected chi connectivity index (χ0v) is 17.9. The molecule has 0 radical (unpaired) electrons. The third-order valence-corrected chi connectivity index (χ3v) is 5.95. The molecule has 1 aliphatic heterocycles. The average molecular weight is 417 g/mol. The number of para-hydroxylation sites is 1. The maximum absolute atomic E-state index is 4.69. The van der Waals surface area contributed by atoms with Gasteiger partial charge in [0.15, 0.2) is 5.82 Å². The van der Waals surface area contributed by atoms with Gasteiger partial charge in [0.2, 0.25) is 0 Å². The molecule has 0 unspecified atom stereocenters. The van der Waals surface area contributed by atoms with E-state index in [0.29, 0.717) is 17.7 Å². The molecular formula is C21H20N8S. The summed E-state index contributed by atoms with van der Waals surface area (Å²) < 4.78 is 3.40. The van der Waals surface area contributed by atoms with Gasteiger partial charge in [-0.15, -0.1) is 0 Å². The fraction of sp³-hybridized carbons (Fsp3) is 0.190. The largest absolute Gasteiger partial charge is 0.338 e. The van der Waals surface area contributed by atoms with Gasteiger partial charge in [0.25, 0.3) is 11.9 Å². The summed E-state index contributed by atoms with van der Waals surface area (Å²) >= 11 is 1.70. The number of hydrogen-bond donors (Lipinski definition) is 0. The van der Waals surface area contributed by atoms with E-state index in [0.717, 1.165) is 22.1 Å². The first-order valence-electron chi connectivity index (χ1n) is 9.52. The molecule has 0 saturated carbocycles. The van der Waals surface area contributed by atoms with Gasteiger partial charge in [-0.3, -0.25) is 0 Å². The number of hydrogen-bond acceptors (Lipinski definition) is 7. The molecule has 150 valence electrons. The normalized spacial score (nSPS) is 14.5. The fourth-order valence-electron chi connectivity index (χ4n) is 3.35. The van der Waals surface area contributed by atoms with Gasteiger partial charge in [-0.05, 0) is 45.0 Å². The van der Waals surface area contributed by atoms with E-state index in [4.69, 9.17) is 4.98 Å². The van der Waals surface area contributed by atoms with Crippen molar-refractivity contribution in [3.05, 3.63) is 70.5 Å². The Hall–Kier alpha value is -3.46. The van der Waals surface area contributed by atoms with E-state index >= 15 is 0 Å². The first-order chi connectivity index (χ1) is 14.5. The third kappa shape index (κ3) is 3.26. The van der Waals surface area contributed by atoms with Crippen molar-refractivity contribution < 1.29 is 0 Å². The summed E-state index contributed by atoms with van der Waals surface area (Å²) in [6, 6.07) is 12.2. The Labute approximate surface area is 178 Å². The molecule has 5 rings (SSSR count). The van der Waals surface area contributed by atoms with Gasteiger partial charge in [0.1, 0.15) is 0 Å². The van der Waals surface area contributed by atoms with E-state index in [2.05, 4.69) is 37.2 Å². The molecule has 3 aromatic heterocycles. The molecule has 0 aliphatic carbocycles. The summed E-state index contributed by atoms with van der Waals surface area (Å²) in [6.07, 6.45) is 3.82. The average Bonchev–Trinajstić information content (AvgIpc) is 3.40. The number of aromatic nitrogens is 7. The van der Waals surface area contributed by atoms with Crippen LogP contribution in [0.1, 0.15) is 22.9 Å². The number of rotatable bonds is 3. The predicted octanol–water partition coefficient (Wildman–Crippen LogP) is 3.71. The van der Waals surface area contributed by atoms with Crippen LogP contribution in [-0.2, 0) is 0 Å². The highest BCUT2D eigenvalue weighted by Gasteiger charge is 2.22. The van der Waals surface area contributed by atoms with Crippen LogP contribution in [-0.4, -0.2) is 41.6 Å².